The number of nitrogens with one attached hydrogen (secondary N) is 4. The maximum Gasteiger partial charge on any atom is 0.174 e. The predicted molar refractivity (Wildman–Crippen MR) is 381 cm³/mol. The lowest BCUT2D eigenvalue weighted by molar-refractivity contribution is 0.306. The highest BCUT2D eigenvalue weighted by atomic mass is 35.5. The molecule has 12 nitrogen and oxygen atoms in total. The standard InChI is InChI=1S/C23H24FNO2.C20H18FNO2.C19H15ClFNO2.C19H16FNO2/c1-23(2,3)17-10-12-18(13-11-17)27-19-7-4-6-16(14-19)15-25-21-9-5-8-20(24)22(21)26;21-18-10-5-11-19(20(18)23)22-13-16-8-4-9-17(12-16)24-14-15-6-2-1-3-7-15;20-14-7-9-15(10-8-14)24-16-4-1-3-13(11-16)12-22-18-6-2-5-17(21)19(18)23;20-17-10-5-11-18(19(17)22)21-13-14-6-4-9-16(12-14)23-15-7-2-1-3-8-15/h4-14,25-26H,15H2,1-3H3;1-12,22-23H,13-14H2;1-11,22-23H,12H2;1-12,21-22H,13H2. The number of hydrogen-bond donors (Lipinski definition) is 8. The third-order valence-electron chi connectivity index (χ3n) is 14.7. The molecule has 17 heteroatoms. The first kappa shape index (κ1) is 70.6. The van der Waals surface area contributed by atoms with Crippen LogP contribution in [0.3, 0.4) is 0 Å². The third-order valence-corrected chi connectivity index (χ3v) is 15.0. The first-order valence-corrected chi connectivity index (χ1v) is 31.6. The van der Waals surface area contributed by atoms with Crippen LogP contribution in [0.2, 0.25) is 5.02 Å². The van der Waals surface area contributed by atoms with Crippen LogP contribution in [0, 0.1) is 23.3 Å². The molecule has 500 valence electrons. The van der Waals surface area contributed by atoms with Gasteiger partial charge in [-0.3, -0.25) is 0 Å². The number of hydrogen-bond acceptors (Lipinski definition) is 12. The smallest absolute Gasteiger partial charge is 0.174 e. The number of aromatic hydroxyl groups is 4. The van der Waals surface area contributed by atoms with E-state index in [2.05, 4.69) is 54.2 Å². The van der Waals surface area contributed by atoms with E-state index < -0.39 is 23.3 Å². The quantitative estimate of drug-likeness (QED) is 0.0254. The lowest BCUT2D eigenvalue weighted by Gasteiger charge is -2.19. The van der Waals surface area contributed by atoms with E-state index in [0.717, 1.165) is 56.6 Å². The Labute approximate surface area is 572 Å². The fourth-order valence-corrected chi connectivity index (χ4v) is 9.61. The summed E-state index contributed by atoms with van der Waals surface area (Å²) in [7, 11) is 0. The van der Waals surface area contributed by atoms with E-state index in [1.807, 2.05) is 170 Å². The number of para-hydroxylation sites is 5. The SMILES string of the molecule is CC(C)(C)c1ccc(Oc2cccc(CNc3cccc(F)c3O)c2)cc1.Oc1c(F)cccc1NCc1cccc(OCc2ccccc2)c1.Oc1c(F)cccc1NCc1cccc(Oc2ccc(Cl)cc2)c1.Oc1c(F)cccc1NCc1cccc(Oc2ccccc2)c1. The Morgan fingerprint density at radius 3 is 0.929 bits per heavy atom. The van der Waals surface area contributed by atoms with Gasteiger partial charge in [-0.1, -0.05) is 166 Å². The summed E-state index contributed by atoms with van der Waals surface area (Å²) in [4.78, 5) is 0. The van der Waals surface area contributed by atoms with Gasteiger partial charge in [0.1, 0.15) is 46.9 Å². The molecule has 0 aliphatic heterocycles. The normalized spacial score (nSPS) is 10.6. The van der Waals surface area contributed by atoms with Crippen molar-refractivity contribution in [3.8, 4) is 63.2 Å². The van der Waals surface area contributed by atoms with E-state index in [0.29, 0.717) is 72.1 Å². The molecule has 12 aromatic carbocycles. The second-order valence-corrected chi connectivity index (χ2v) is 23.6. The molecular formula is C81H73ClF4N4O8. The van der Waals surface area contributed by atoms with Gasteiger partial charge in [0.05, 0.1) is 22.7 Å². The number of phenolic OH excluding ortho intramolecular Hbond substituents is 4. The fourth-order valence-electron chi connectivity index (χ4n) is 9.49. The van der Waals surface area contributed by atoms with Gasteiger partial charge in [-0.15, -0.1) is 0 Å². The van der Waals surface area contributed by atoms with Gasteiger partial charge in [-0.25, -0.2) is 17.6 Å². The van der Waals surface area contributed by atoms with E-state index >= 15 is 0 Å². The minimum Gasteiger partial charge on any atom is -0.503 e. The molecule has 0 fully saturated rings. The Morgan fingerprint density at radius 2 is 0.582 bits per heavy atom. The Bertz CT molecular complexity index is 4490. The first-order chi connectivity index (χ1) is 47.4. The van der Waals surface area contributed by atoms with E-state index in [-0.39, 0.29) is 28.4 Å². The zero-order valence-electron chi connectivity index (χ0n) is 53.9. The average molecular weight is 1340 g/mol. The third kappa shape index (κ3) is 21.9. The molecular weight excluding hydrogens is 1270 g/mol. The van der Waals surface area contributed by atoms with Crippen molar-refractivity contribution in [3.05, 3.63) is 341 Å². The van der Waals surface area contributed by atoms with Crippen LogP contribution in [0.25, 0.3) is 0 Å². The molecule has 0 heterocycles. The Balaban J connectivity index is 0.000000153. The molecule has 98 heavy (non-hydrogen) atoms. The highest BCUT2D eigenvalue weighted by Crippen LogP contribution is 2.33. The number of phenols is 4. The van der Waals surface area contributed by atoms with Crippen LogP contribution in [0.15, 0.2) is 279 Å². The fraction of sp³-hybridized carbons (Fsp3) is 0.111. The van der Waals surface area contributed by atoms with Gasteiger partial charge in [-0.05, 0) is 184 Å². The van der Waals surface area contributed by atoms with Crippen molar-refractivity contribution in [1.82, 2.24) is 0 Å². The molecule has 0 bridgehead atoms. The van der Waals surface area contributed by atoms with Crippen LogP contribution in [0.4, 0.5) is 40.3 Å². The molecule has 0 aromatic heterocycles. The van der Waals surface area contributed by atoms with Crippen molar-refractivity contribution in [2.45, 2.75) is 59.0 Å². The lowest BCUT2D eigenvalue weighted by atomic mass is 9.87. The average Bonchev–Trinajstić information content (AvgIpc) is 1.38. The molecule has 12 rings (SSSR count). The van der Waals surface area contributed by atoms with E-state index in [9.17, 15) is 38.0 Å². The topological polar surface area (TPSA) is 166 Å². The van der Waals surface area contributed by atoms with Gasteiger partial charge < -0.3 is 60.6 Å². The van der Waals surface area contributed by atoms with E-state index in [1.165, 1.54) is 35.9 Å². The summed E-state index contributed by atoms with van der Waals surface area (Å²) in [5.41, 5.74) is 7.72. The minimum absolute atomic E-state index is 0.104. The Kier molecular flexibility index (Phi) is 25.3. The molecule has 8 N–H and O–H groups in total. The van der Waals surface area contributed by atoms with Crippen molar-refractivity contribution in [2.75, 3.05) is 21.3 Å². The van der Waals surface area contributed by atoms with Gasteiger partial charge in [0, 0.05) is 31.2 Å². The molecule has 12 aromatic rings. The second-order valence-electron chi connectivity index (χ2n) is 23.2. The maximum atomic E-state index is 13.4. The first-order valence-electron chi connectivity index (χ1n) is 31.2. The molecule has 0 radical (unpaired) electrons. The van der Waals surface area contributed by atoms with Crippen LogP contribution in [-0.2, 0) is 38.2 Å². The van der Waals surface area contributed by atoms with Crippen LogP contribution in [-0.4, -0.2) is 20.4 Å². The number of rotatable bonds is 21. The van der Waals surface area contributed by atoms with Gasteiger partial charge in [0.2, 0.25) is 0 Å². The van der Waals surface area contributed by atoms with Crippen molar-refractivity contribution >= 4 is 34.4 Å². The molecule has 0 aliphatic rings. The number of ether oxygens (including phenoxy) is 4. The summed E-state index contributed by atoms with van der Waals surface area (Å²) < 4.78 is 76.6. The van der Waals surface area contributed by atoms with Gasteiger partial charge in [-0.2, -0.15) is 0 Å². The van der Waals surface area contributed by atoms with Crippen molar-refractivity contribution in [3.63, 3.8) is 0 Å². The number of anilines is 4. The Hall–Kier alpha value is -11.8. The largest absolute Gasteiger partial charge is 0.503 e. The Morgan fingerprint density at radius 1 is 0.306 bits per heavy atom. The monoisotopic (exact) mass is 1340 g/mol. The zero-order valence-corrected chi connectivity index (χ0v) is 54.7. The van der Waals surface area contributed by atoms with Crippen molar-refractivity contribution in [2.24, 2.45) is 0 Å². The van der Waals surface area contributed by atoms with E-state index in [1.54, 1.807) is 66.7 Å². The maximum absolute atomic E-state index is 13.4. The van der Waals surface area contributed by atoms with Crippen LogP contribution >= 0.6 is 11.6 Å². The van der Waals surface area contributed by atoms with E-state index in [4.69, 9.17) is 30.5 Å². The highest BCUT2D eigenvalue weighted by Gasteiger charge is 2.15. The van der Waals surface area contributed by atoms with Gasteiger partial charge >= 0.3 is 0 Å². The van der Waals surface area contributed by atoms with Crippen molar-refractivity contribution in [1.29, 1.82) is 0 Å². The van der Waals surface area contributed by atoms with Crippen LogP contribution in [0.5, 0.6) is 63.2 Å². The lowest BCUT2D eigenvalue weighted by Crippen LogP contribution is -2.10. The molecule has 0 amide bonds. The number of halogens is 5. The summed E-state index contributed by atoms with van der Waals surface area (Å²) in [6, 6.07) is 82.6. The van der Waals surface area contributed by atoms with Gasteiger partial charge in [0.25, 0.3) is 0 Å². The predicted octanol–water partition coefficient (Wildman–Crippen LogP) is 21.5. The van der Waals surface area contributed by atoms with Crippen LogP contribution in [0.1, 0.15) is 54.2 Å². The van der Waals surface area contributed by atoms with Crippen molar-refractivity contribution < 1.29 is 56.9 Å². The number of benzene rings is 12. The molecule has 0 saturated heterocycles. The second kappa shape index (κ2) is 35.1. The van der Waals surface area contributed by atoms with Gasteiger partial charge in [0.15, 0.2) is 46.3 Å². The summed E-state index contributed by atoms with van der Waals surface area (Å²) in [5.74, 6) is 1.05. The summed E-state index contributed by atoms with van der Waals surface area (Å²) in [6.45, 7) is 8.80. The summed E-state index contributed by atoms with van der Waals surface area (Å²) in [6.07, 6.45) is 0. The molecule has 0 spiro atoms. The highest BCUT2D eigenvalue weighted by molar-refractivity contribution is 6.30. The molecule has 0 saturated carbocycles. The summed E-state index contributed by atoms with van der Waals surface area (Å²) >= 11 is 5.85. The summed E-state index contributed by atoms with van der Waals surface area (Å²) in [5, 5.41) is 51.5. The molecule has 0 aliphatic carbocycles. The van der Waals surface area contributed by atoms with Crippen LogP contribution < -0.4 is 40.2 Å². The molecule has 0 atom stereocenters. The minimum atomic E-state index is -0.653. The zero-order chi connectivity index (χ0) is 69.2. The molecule has 0 unspecified atom stereocenters.